The molecule has 1 aromatic carbocycles. The van der Waals surface area contributed by atoms with Crippen molar-refractivity contribution in [2.24, 2.45) is 0 Å². The van der Waals surface area contributed by atoms with E-state index in [1.54, 1.807) is 0 Å². The second-order valence-corrected chi connectivity index (χ2v) is 5.33. The Morgan fingerprint density at radius 3 is 2.48 bits per heavy atom. The zero-order valence-corrected chi connectivity index (χ0v) is 13.0. The Bertz CT molecular complexity index is 652. The van der Waals surface area contributed by atoms with Gasteiger partial charge in [0.05, 0.1) is 12.2 Å². The molecule has 23 heavy (non-hydrogen) atoms. The molecule has 2 heterocycles. The number of ether oxygens (including phenoxy) is 2. The molecule has 2 aromatic rings. The maximum absolute atomic E-state index is 12.2. The summed E-state index contributed by atoms with van der Waals surface area (Å²) in [6.45, 7) is 4.13. The van der Waals surface area contributed by atoms with E-state index in [9.17, 15) is 4.79 Å². The van der Waals surface area contributed by atoms with Crippen molar-refractivity contribution >= 4 is 5.78 Å². The average Bonchev–Trinajstić information content (AvgIpc) is 2.53. The van der Waals surface area contributed by atoms with E-state index in [2.05, 4.69) is 15.3 Å². The highest BCUT2D eigenvalue weighted by atomic mass is 16.5. The Morgan fingerprint density at radius 1 is 1.22 bits per heavy atom. The van der Waals surface area contributed by atoms with Crippen LogP contribution < -0.4 is 14.8 Å². The van der Waals surface area contributed by atoms with Crippen LogP contribution in [0.2, 0.25) is 0 Å². The largest absolute Gasteiger partial charge is 0.488 e. The van der Waals surface area contributed by atoms with E-state index in [1.165, 1.54) is 12.4 Å². The van der Waals surface area contributed by atoms with Crippen LogP contribution in [0.25, 0.3) is 0 Å². The molecule has 6 nitrogen and oxygen atoms in total. The van der Waals surface area contributed by atoms with Gasteiger partial charge in [0.2, 0.25) is 0 Å². The van der Waals surface area contributed by atoms with Gasteiger partial charge in [0, 0.05) is 31.9 Å². The molecule has 3 rings (SSSR count). The first-order chi connectivity index (χ1) is 11.2. The van der Waals surface area contributed by atoms with Crippen LogP contribution >= 0.6 is 0 Å². The Hall–Kier alpha value is -2.47. The number of nitrogens with zero attached hydrogens (tertiary/aromatic N) is 2. The van der Waals surface area contributed by atoms with Crippen molar-refractivity contribution in [3.8, 4) is 11.8 Å². The van der Waals surface area contributed by atoms with E-state index in [1.807, 2.05) is 31.2 Å². The minimum Gasteiger partial charge on any atom is -0.488 e. The standard InChI is InChI=1S/C17H19N3O3/c1-2-22-17-19-8-13(9-20-17)16(21)7-12-3-5-14(6-4-12)23-15-10-18-11-15/h3-6,8-9,15,18H,2,7,10-11H2,1H3. The minimum absolute atomic E-state index is 0.0232. The van der Waals surface area contributed by atoms with E-state index >= 15 is 0 Å². The van der Waals surface area contributed by atoms with Gasteiger partial charge in [-0.3, -0.25) is 4.79 Å². The number of aromatic nitrogens is 2. The summed E-state index contributed by atoms with van der Waals surface area (Å²) in [5, 5.41) is 3.16. The van der Waals surface area contributed by atoms with Crippen LogP contribution in [0.3, 0.4) is 0 Å². The maximum atomic E-state index is 12.2. The van der Waals surface area contributed by atoms with Crippen LogP contribution in [0.15, 0.2) is 36.7 Å². The summed E-state index contributed by atoms with van der Waals surface area (Å²) in [4.78, 5) is 20.3. The number of rotatable bonds is 7. The first kappa shape index (κ1) is 15.4. The van der Waals surface area contributed by atoms with Crippen molar-refractivity contribution in [3.63, 3.8) is 0 Å². The van der Waals surface area contributed by atoms with Gasteiger partial charge in [0.25, 0.3) is 0 Å². The van der Waals surface area contributed by atoms with Gasteiger partial charge < -0.3 is 14.8 Å². The molecule has 1 saturated heterocycles. The minimum atomic E-state index is -0.0232. The van der Waals surface area contributed by atoms with Crippen molar-refractivity contribution in [1.29, 1.82) is 0 Å². The molecule has 0 saturated carbocycles. The normalized spacial score (nSPS) is 14.1. The van der Waals surface area contributed by atoms with E-state index in [0.29, 0.717) is 18.6 Å². The van der Waals surface area contributed by atoms with Crippen LogP contribution in [0, 0.1) is 0 Å². The molecule has 1 N–H and O–H groups in total. The van der Waals surface area contributed by atoms with Crippen LogP contribution in [0.1, 0.15) is 22.8 Å². The van der Waals surface area contributed by atoms with Crippen molar-refractivity contribution in [3.05, 3.63) is 47.8 Å². The molecule has 1 fully saturated rings. The first-order valence-corrected chi connectivity index (χ1v) is 7.69. The highest BCUT2D eigenvalue weighted by molar-refractivity contribution is 5.96. The van der Waals surface area contributed by atoms with Crippen LogP contribution in [-0.2, 0) is 6.42 Å². The number of Topliss-reactive ketones (excluding diaryl/α,β-unsaturated/α-hetero) is 1. The average molecular weight is 313 g/mol. The number of hydrogen-bond acceptors (Lipinski definition) is 6. The number of carbonyl (C=O) groups excluding carboxylic acids is 1. The summed E-state index contributed by atoms with van der Waals surface area (Å²) in [5.74, 6) is 0.807. The molecule has 0 unspecified atom stereocenters. The topological polar surface area (TPSA) is 73.3 Å². The lowest BCUT2D eigenvalue weighted by Crippen LogP contribution is -2.50. The fourth-order valence-electron chi connectivity index (χ4n) is 2.18. The number of carbonyl (C=O) groups is 1. The van der Waals surface area contributed by atoms with Gasteiger partial charge in [-0.25, -0.2) is 9.97 Å². The van der Waals surface area contributed by atoms with E-state index in [0.717, 1.165) is 24.4 Å². The van der Waals surface area contributed by atoms with Gasteiger partial charge in [-0.1, -0.05) is 12.1 Å². The number of benzene rings is 1. The fourth-order valence-corrected chi connectivity index (χ4v) is 2.18. The zero-order valence-electron chi connectivity index (χ0n) is 13.0. The summed E-state index contributed by atoms with van der Waals surface area (Å²) in [7, 11) is 0. The Kier molecular flexibility index (Phi) is 4.83. The molecular formula is C17H19N3O3. The van der Waals surface area contributed by atoms with Gasteiger partial charge >= 0.3 is 6.01 Å². The van der Waals surface area contributed by atoms with Gasteiger partial charge in [-0.05, 0) is 24.6 Å². The third kappa shape index (κ3) is 4.04. The molecule has 0 radical (unpaired) electrons. The van der Waals surface area contributed by atoms with Crippen molar-refractivity contribution in [2.45, 2.75) is 19.4 Å². The smallest absolute Gasteiger partial charge is 0.316 e. The third-order valence-electron chi connectivity index (χ3n) is 3.56. The van der Waals surface area contributed by atoms with Crippen LogP contribution in [0.4, 0.5) is 0 Å². The van der Waals surface area contributed by atoms with E-state index in [-0.39, 0.29) is 17.9 Å². The Balaban J connectivity index is 1.58. The zero-order chi connectivity index (χ0) is 16.1. The monoisotopic (exact) mass is 313 g/mol. The van der Waals surface area contributed by atoms with E-state index in [4.69, 9.17) is 9.47 Å². The number of ketones is 1. The molecular weight excluding hydrogens is 294 g/mol. The van der Waals surface area contributed by atoms with Gasteiger partial charge in [0.15, 0.2) is 5.78 Å². The van der Waals surface area contributed by atoms with Gasteiger partial charge in [-0.15, -0.1) is 0 Å². The molecule has 0 aliphatic carbocycles. The van der Waals surface area contributed by atoms with Crippen molar-refractivity contribution in [1.82, 2.24) is 15.3 Å². The maximum Gasteiger partial charge on any atom is 0.316 e. The summed E-state index contributed by atoms with van der Waals surface area (Å²) in [6.07, 6.45) is 3.56. The summed E-state index contributed by atoms with van der Waals surface area (Å²) in [6, 6.07) is 7.91. The van der Waals surface area contributed by atoms with Crippen molar-refractivity contribution in [2.75, 3.05) is 19.7 Å². The van der Waals surface area contributed by atoms with Crippen molar-refractivity contribution < 1.29 is 14.3 Å². The predicted octanol–water partition coefficient (Wildman–Crippen LogP) is 1.65. The quantitative estimate of drug-likeness (QED) is 0.784. The molecule has 120 valence electrons. The Morgan fingerprint density at radius 2 is 1.91 bits per heavy atom. The fraction of sp³-hybridized carbons (Fsp3) is 0.353. The molecule has 0 bridgehead atoms. The van der Waals surface area contributed by atoms with Crippen LogP contribution in [-0.4, -0.2) is 41.6 Å². The molecule has 0 amide bonds. The molecule has 6 heteroatoms. The highest BCUT2D eigenvalue weighted by Crippen LogP contribution is 2.16. The van der Waals surface area contributed by atoms with E-state index < -0.39 is 0 Å². The van der Waals surface area contributed by atoms with Crippen LogP contribution in [0.5, 0.6) is 11.8 Å². The predicted molar refractivity (Wildman–Crippen MR) is 85.0 cm³/mol. The van der Waals surface area contributed by atoms with Gasteiger partial charge in [0.1, 0.15) is 11.9 Å². The molecule has 1 aliphatic heterocycles. The SMILES string of the molecule is CCOc1ncc(C(=O)Cc2ccc(OC3CNC3)cc2)cn1. The lowest BCUT2D eigenvalue weighted by Gasteiger charge is -2.27. The summed E-state index contributed by atoms with van der Waals surface area (Å²) >= 11 is 0. The summed E-state index contributed by atoms with van der Waals surface area (Å²) in [5.41, 5.74) is 1.41. The second kappa shape index (κ2) is 7.19. The lowest BCUT2D eigenvalue weighted by atomic mass is 10.1. The molecule has 0 spiro atoms. The number of nitrogens with one attached hydrogen (secondary N) is 1. The van der Waals surface area contributed by atoms with Gasteiger partial charge in [-0.2, -0.15) is 0 Å². The highest BCUT2D eigenvalue weighted by Gasteiger charge is 2.18. The first-order valence-electron chi connectivity index (χ1n) is 7.69. The number of hydrogen-bond donors (Lipinski definition) is 1. The summed E-state index contributed by atoms with van der Waals surface area (Å²) < 4.78 is 10.9. The molecule has 0 atom stereocenters. The second-order valence-electron chi connectivity index (χ2n) is 5.33. The lowest BCUT2D eigenvalue weighted by molar-refractivity contribution is 0.0992. The molecule has 1 aliphatic rings. The Labute approximate surface area is 134 Å². The third-order valence-corrected chi connectivity index (χ3v) is 3.56. The molecule has 1 aromatic heterocycles.